The normalized spacial score (nSPS) is 12.2. The van der Waals surface area contributed by atoms with E-state index in [1.165, 1.54) is 0 Å². The van der Waals surface area contributed by atoms with Crippen LogP contribution in [0.25, 0.3) is 11.0 Å². The fourth-order valence-electron chi connectivity index (χ4n) is 3.69. The number of carboxylic acid groups (broad SMARTS) is 1. The molecule has 0 bridgehead atoms. The van der Waals surface area contributed by atoms with Crippen LogP contribution in [0.3, 0.4) is 0 Å². The third kappa shape index (κ3) is 4.49. The van der Waals surface area contributed by atoms with Gasteiger partial charge in [0.1, 0.15) is 5.82 Å². The van der Waals surface area contributed by atoms with Gasteiger partial charge in [-0.2, -0.15) is 0 Å². The van der Waals surface area contributed by atoms with Gasteiger partial charge in [0.15, 0.2) is 0 Å². The van der Waals surface area contributed by atoms with E-state index in [9.17, 15) is 9.90 Å². The number of fused-ring (bicyclic) bond motifs is 1. The van der Waals surface area contributed by atoms with E-state index in [1.807, 2.05) is 72.8 Å². The summed E-state index contributed by atoms with van der Waals surface area (Å²) in [4.78, 5) is 16.4. The molecule has 0 aliphatic heterocycles. The number of carboxylic acids is 1. The third-order valence-corrected chi connectivity index (χ3v) is 5.36. The Balaban J connectivity index is 1.73. The summed E-state index contributed by atoms with van der Waals surface area (Å²) in [5, 5.41) is 10.2. The van der Waals surface area contributed by atoms with Crippen LogP contribution in [-0.4, -0.2) is 20.6 Å². The minimum absolute atomic E-state index is 0.0637. The lowest BCUT2D eigenvalue weighted by molar-refractivity contribution is -0.137. The molecule has 0 spiro atoms. The molecule has 0 saturated heterocycles. The van der Waals surface area contributed by atoms with Crippen LogP contribution in [0.4, 0.5) is 0 Å². The van der Waals surface area contributed by atoms with Crippen molar-refractivity contribution in [2.75, 3.05) is 0 Å². The molecule has 0 saturated carbocycles. The molecular formula is C24H21ClN2O2. The lowest BCUT2D eigenvalue weighted by Gasteiger charge is -2.17. The standard InChI is InChI=1S/C24H21ClN2O2/c25-20-12-10-17(11-13-20)16-27-22-9-5-4-8-21(22)26-23(27)14-19(15-24(28)29)18-6-2-1-3-7-18/h1-13,19H,14-16H2,(H,28,29). The quantitative estimate of drug-likeness (QED) is 0.440. The van der Waals surface area contributed by atoms with E-state index in [2.05, 4.69) is 10.6 Å². The summed E-state index contributed by atoms with van der Waals surface area (Å²) in [5.41, 5.74) is 4.09. The highest BCUT2D eigenvalue weighted by atomic mass is 35.5. The van der Waals surface area contributed by atoms with Crippen LogP contribution in [0.1, 0.15) is 29.3 Å². The van der Waals surface area contributed by atoms with E-state index >= 15 is 0 Å². The predicted molar refractivity (Wildman–Crippen MR) is 115 cm³/mol. The van der Waals surface area contributed by atoms with E-state index in [0.717, 1.165) is 28.0 Å². The molecule has 3 aromatic carbocycles. The number of imidazole rings is 1. The zero-order chi connectivity index (χ0) is 20.2. The average Bonchev–Trinajstić information content (AvgIpc) is 3.07. The minimum atomic E-state index is -0.806. The van der Waals surface area contributed by atoms with Crippen molar-refractivity contribution in [3.63, 3.8) is 0 Å². The van der Waals surface area contributed by atoms with E-state index in [4.69, 9.17) is 16.6 Å². The first-order chi connectivity index (χ1) is 14.1. The predicted octanol–water partition coefficient (Wildman–Crippen LogP) is 5.54. The molecule has 1 heterocycles. The van der Waals surface area contributed by atoms with Crippen molar-refractivity contribution in [3.8, 4) is 0 Å². The maximum absolute atomic E-state index is 11.5. The van der Waals surface area contributed by atoms with Crippen LogP contribution in [-0.2, 0) is 17.8 Å². The van der Waals surface area contributed by atoms with Crippen LogP contribution in [0.15, 0.2) is 78.9 Å². The van der Waals surface area contributed by atoms with Crippen LogP contribution >= 0.6 is 11.6 Å². The molecule has 4 aromatic rings. The number of benzene rings is 3. The Kier molecular flexibility index (Phi) is 5.63. The van der Waals surface area contributed by atoms with Crippen molar-refractivity contribution in [3.05, 3.63) is 101 Å². The van der Waals surface area contributed by atoms with Crippen molar-refractivity contribution >= 4 is 28.6 Å². The number of rotatable bonds is 7. The van der Waals surface area contributed by atoms with Gasteiger partial charge in [0.05, 0.1) is 17.5 Å². The van der Waals surface area contributed by atoms with Gasteiger partial charge in [-0.1, -0.05) is 66.2 Å². The highest BCUT2D eigenvalue weighted by Crippen LogP contribution is 2.27. The summed E-state index contributed by atoms with van der Waals surface area (Å²) in [6.07, 6.45) is 0.618. The van der Waals surface area contributed by atoms with Crippen LogP contribution in [0.5, 0.6) is 0 Å². The molecule has 0 amide bonds. The fourth-order valence-corrected chi connectivity index (χ4v) is 3.82. The molecule has 0 fully saturated rings. The first-order valence-electron chi connectivity index (χ1n) is 9.55. The number of aromatic nitrogens is 2. The summed E-state index contributed by atoms with van der Waals surface area (Å²) in [5.74, 6) is -0.0649. The number of aliphatic carboxylic acids is 1. The van der Waals surface area contributed by atoms with E-state index in [-0.39, 0.29) is 12.3 Å². The molecule has 4 nitrogen and oxygen atoms in total. The molecule has 1 unspecified atom stereocenters. The largest absolute Gasteiger partial charge is 0.481 e. The Morgan fingerprint density at radius 2 is 1.66 bits per heavy atom. The Labute approximate surface area is 174 Å². The SMILES string of the molecule is O=C(O)CC(Cc1nc2ccccc2n1Cc1ccc(Cl)cc1)c1ccccc1. The maximum Gasteiger partial charge on any atom is 0.303 e. The Morgan fingerprint density at radius 1 is 0.966 bits per heavy atom. The molecule has 0 radical (unpaired) electrons. The number of nitrogens with zero attached hydrogens (tertiary/aromatic N) is 2. The first-order valence-corrected chi connectivity index (χ1v) is 9.93. The highest BCUT2D eigenvalue weighted by Gasteiger charge is 2.20. The number of halogens is 1. The van der Waals surface area contributed by atoms with Crippen molar-refractivity contribution in [2.24, 2.45) is 0 Å². The Bertz CT molecular complexity index is 1120. The molecule has 4 rings (SSSR count). The maximum atomic E-state index is 11.5. The van der Waals surface area contributed by atoms with E-state index < -0.39 is 5.97 Å². The van der Waals surface area contributed by atoms with E-state index in [0.29, 0.717) is 18.0 Å². The molecule has 0 aliphatic carbocycles. The zero-order valence-electron chi connectivity index (χ0n) is 15.8. The average molecular weight is 405 g/mol. The van der Waals surface area contributed by atoms with Crippen LogP contribution < -0.4 is 0 Å². The van der Waals surface area contributed by atoms with Gasteiger partial charge >= 0.3 is 5.97 Å². The highest BCUT2D eigenvalue weighted by molar-refractivity contribution is 6.30. The summed E-state index contributed by atoms with van der Waals surface area (Å²) >= 11 is 6.03. The van der Waals surface area contributed by atoms with Crippen molar-refractivity contribution in [1.82, 2.24) is 9.55 Å². The van der Waals surface area contributed by atoms with Gasteiger partial charge in [0.25, 0.3) is 0 Å². The summed E-state index contributed by atoms with van der Waals surface area (Å²) in [6.45, 7) is 0.654. The fraction of sp³-hybridized carbons (Fsp3) is 0.167. The lowest BCUT2D eigenvalue weighted by atomic mass is 9.92. The van der Waals surface area contributed by atoms with Crippen LogP contribution in [0.2, 0.25) is 5.02 Å². The molecule has 29 heavy (non-hydrogen) atoms. The number of para-hydroxylation sites is 2. The van der Waals surface area contributed by atoms with Gasteiger partial charge in [0, 0.05) is 23.9 Å². The van der Waals surface area contributed by atoms with Gasteiger partial charge in [-0.25, -0.2) is 4.98 Å². The Morgan fingerprint density at radius 3 is 2.38 bits per heavy atom. The number of hydrogen-bond acceptors (Lipinski definition) is 2. The third-order valence-electron chi connectivity index (χ3n) is 5.11. The van der Waals surface area contributed by atoms with Gasteiger partial charge in [-0.15, -0.1) is 0 Å². The molecule has 0 aliphatic rings. The topological polar surface area (TPSA) is 55.1 Å². The van der Waals surface area contributed by atoms with E-state index in [1.54, 1.807) is 0 Å². The monoisotopic (exact) mass is 404 g/mol. The van der Waals surface area contributed by atoms with Gasteiger partial charge in [-0.05, 0) is 35.4 Å². The van der Waals surface area contributed by atoms with Crippen molar-refractivity contribution in [1.29, 1.82) is 0 Å². The molecule has 1 aromatic heterocycles. The summed E-state index contributed by atoms with van der Waals surface area (Å²) in [6, 6.07) is 25.6. The smallest absolute Gasteiger partial charge is 0.303 e. The first kappa shape index (κ1) is 19.2. The molecule has 1 N–H and O–H groups in total. The molecule has 146 valence electrons. The second-order valence-electron chi connectivity index (χ2n) is 7.14. The zero-order valence-corrected chi connectivity index (χ0v) is 16.6. The van der Waals surface area contributed by atoms with Crippen molar-refractivity contribution < 1.29 is 9.90 Å². The van der Waals surface area contributed by atoms with Gasteiger partial charge in [-0.3, -0.25) is 4.79 Å². The van der Waals surface area contributed by atoms with Crippen LogP contribution in [0, 0.1) is 0 Å². The van der Waals surface area contributed by atoms with Gasteiger partial charge in [0.2, 0.25) is 0 Å². The molecule has 5 heteroatoms. The Hall–Kier alpha value is -3.11. The molecule has 1 atom stereocenters. The number of hydrogen-bond donors (Lipinski definition) is 1. The van der Waals surface area contributed by atoms with Crippen molar-refractivity contribution in [2.45, 2.75) is 25.3 Å². The lowest BCUT2D eigenvalue weighted by Crippen LogP contribution is -2.13. The number of carbonyl (C=O) groups is 1. The second-order valence-corrected chi connectivity index (χ2v) is 7.58. The molecular weight excluding hydrogens is 384 g/mol. The minimum Gasteiger partial charge on any atom is -0.481 e. The summed E-state index contributed by atoms with van der Waals surface area (Å²) in [7, 11) is 0. The van der Waals surface area contributed by atoms with Gasteiger partial charge < -0.3 is 9.67 Å². The second kappa shape index (κ2) is 8.50. The summed E-state index contributed by atoms with van der Waals surface area (Å²) < 4.78 is 2.18.